The topological polar surface area (TPSA) is 88.3 Å². The Labute approximate surface area is 153 Å². The second-order valence-corrected chi connectivity index (χ2v) is 7.72. The first kappa shape index (κ1) is 17.6. The quantitative estimate of drug-likeness (QED) is 0.648. The monoisotopic (exact) mass is 398 g/mol. The van der Waals surface area contributed by atoms with Crippen LogP contribution in [0.25, 0.3) is 10.9 Å². The highest BCUT2D eigenvalue weighted by molar-refractivity contribution is 7.92. The van der Waals surface area contributed by atoms with Crippen LogP contribution in [0.3, 0.4) is 0 Å². The number of benzene rings is 2. The van der Waals surface area contributed by atoms with E-state index in [4.69, 9.17) is 27.9 Å². The maximum atomic E-state index is 12.5. The van der Waals surface area contributed by atoms with Crippen LogP contribution in [-0.2, 0) is 14.8 Å². The lowest BCUT2D eigenvalue weighted by Crippen LogP contribution is -2.13. The van der Waals surface area contributed by atoms with Gasteiger partial charge in [0.05, 0.1) is 23.3 Å². The number of hydrogen-bond donors (Lipinski definition) is 2. The van der Waals surface area contributed by atoms with Gasteiger partial charge in [0.25, 0.3) is 10.0 Å². The number of fused-ring (bicyclic) bond motifs is 1. The summed E-state index contributed by atoms with van der Waals surface area (Å²) >= 11 is 11.7. The molecule has 130 valence electrons. The molecule has 3 aromatic rings. The van der Waals surface area contributed by atoms with Crippen molar-refractivity contribution in [2.45, 2.75) is 4.90 Å². The Morgan fingerprint density at radius 2 is 1.80 bits per heavy atom. The van der Waals surface area contributed by atoms with Gasteiger partial charge in [-0.25, -0.2) is 13.2 Å². The van der Waals surface area contributed by atoms with Crippen LogP contribution < -0.4 is 4.72 Å². The van der Waals surface area contributed by atoms with E-state index in [2.05, 4.69) is 9.71 Å². The van der Waals surface area contributed by atoms with Gasteiger partial charge >= 0.3 is 5.97 Å². The van der Waals surface area contributed by atoms with E-state index < -0.39 is 16.0 Å². The van der Waals surface area contributed by atoms with Gasteiger partial charge < -0.3 is 9.72 Å². The number of rotatable bonds is 4. The summed E-state index contributed by atoms with van der Waals surface area (Å²) in [6.45, 7) is 0. The summed E-state index contributed by atoms with van der Waals surface area (Å²) in [4.78, 5) is 14.5. The van der Waals surface area contributed by atoms with Crippen LogP contribution in [0.2, 0.25) is 10.0 Å². The lowest BCUT2D eigenvalue weighted by Gasteiger charge is -2.09. The number of methoxy groups -OCH3 is 1. The van der Waals surface area contributed by atoms with Gasteiger partial charge in [0, 0.05) is 27.1 Å². The number of carbonyl (C=O) groups is 1. The summed E-state index contributed by atoms with van der Waals surface area (Å²) in [7, 11) is -2.57. The molecular formula is C16H12Cl2N2O4S. The minimum Gasteiger partial charge on any atom is -0.465 e. The van der Waals surface area contributed by atoms with Gasteiger partial charge in [0.15, 0.2) is 0 Å². The molecule has 0 saturated heterocycles. The number of hydrogen-bond acceptors (Lipinski definition) is 4. The van der Waals surface area contributed by atoms with Crippen LogP contribution in [0, 0.1) is 0 Å². The number of sulfonamides is 1. The normalized spacial score (nSPS) is 11.5. The van der Waals surface area contributed by atoms with Gasteiger partial charge in [-0.2, -0.15) is 0 Å². The molecule has 3 rings (SSSR count). The van der Waals surface area contributed by atoms with E-state index in [1.54, 1.807) is 18.2 Å². The molecule has 1 heterocycles. The molecule has 0 aliphatic rings. The van der Waals surface area contributed by atoms with E-state index >= 15 is 0 Å². The highest BCUT2D eigenvalue weighted by Gasteiger charge is 2.17. The fourth-order valence-corrected chi connectivity index (χ4v) is 4.14. The van der Waals surface area contributed by atoms with E-state index in [1.807, 2.05) is 0 Å². The fourth-order valence-electron chi connectivity index (χ4n) is 2.37. The number of carbonyl (C=O) groups excluding carboxylic acids is 1. The summed E-state index contributed by atoms with van der Waals surface area (Å²) < 4.78 is 32.1. The molecule has 0 radical (unpaired) electrons. The molecule has 0 saturated carbocycles. The highest BCUT2D eigenvalue weighted by Crippen LogP contribution is 2.26. The van der Waals surface area contributed by atoms with Crippen molar-refractivity contribution in [2.24, 2.45) is 0 Å². The Hall–Kier alpha value is -2.22. The molecule has 0 aliphatic carbocycles. The average molecular weight is 399 g/mol. The molecular weight excluding hydrogens is 387 g/mol. The summed E-state index contributed by atoms with van der Waals surface area (Å²) in [6, 6.07) is 8.80. The van der Waals surface area contributed by atoms with Crippen molar-refractivity contribution in [3.63, 3.8) is 0 Å². The van der Waals surface area contributed by atoms with Gasteiger partial charge in [0.2, 0.25) is 0 Å². The molecule has 0 spiro atoms. The summed E-state index contributed by atoms with van der Waals surface area (Å²) in [5.74, 6) is -0.479. The van der Waals surface area contributed by atoms with Crippen molar-refractivity contribution < 1.29 is 17.9 Å². The van der Waals surface area contributed by atoms with Crippen LogP contribution in [-0.4, -0.2) is 26.5 Å². The third kappa shape index (κ3) is 3.58. The first-order valence-corrected chi connectivity index (χ1v) is 9.22. The first-order chi connectivity index (χ1) is 11.8. The molecule has 2 N–H and O–H groups in total. The SMILES string of the molecule is COC(=O)c1c[nH]c2cc(NS(=O)(=O)c3cc(Cl)cc(Cl)c3)ccc12. The lowest BCUT2D eigenvalue weighted by atomic mass is 10.1. The number of aromatic amines is 1. The van der Waals surface area contributed by atoms with Crippen LogP contribution in [0.5, 0.6) is 0 Å². The van der Waals surface area contributed by atoms with Crippen LogP contribution in [0.1, 0.15) is 10.4 Å². The number of aromatic nitrogens is 1. The van der Waals surface area contributed by atoms with Crippen molar-refractivity contribution in [3.05, 3.63) is 58.2 Å². The fraction of sp³-hybridized carbons (Fsp3) is 0.0625. The predicted molar refractivity (Wildman–Crippen MR) is 96.9 cm³/mol. The van der Waals surface area contributed by atoms with Crippen molar-refractivity contribution >= 4 is 55.8 Å². The molecule has 0 amide bonds. The first-order valence-electron chi connectivity index (χ1n) is 6.98. The molecule has 0 bridgehead atoms. The van der Waals surface area contributed by atoms with E-state index in [1.165, 1.54) is 31.5 Å². The molecule has 0 fully saturated rings. The minimum atomic E-state index is -3.87. The van der Waals surface area contributed by atoms with Crippen molar-refractivity contribution in [1.29, 1.82) is 0 Å². The molecule has 0 aliphatic heterocycles. The Balaban J connectivity index is 1.96. The smallest absolute Gasteiger partial charge is 0.340 e. The van der Waals surface area contributed by atoms with E-state index in [9.17, 15) is 13.2 Å². The Kier molecular flexibility index (Phi) is 4.64. The van der Waals surface area contributed by atoms with Gasteiger partial charge in [-0.1, -0.05) is 23.2 Å². The standard InChI is InChI=1S/C16H12Cl2N2O4S/c1-24-16(21)14-8-19-15-7-11(2-3-13(14)15)20-25(22,23)12-5-9(17)4-10(18)6-12/h2-8,19-20H,1H3. The number of H-pyrrole nitrogens is 1. The van der Waals surface area contributed by atoms with E-state index in [-0.39, 0.29) is 14.9 Å². The highest BCUT2D eigenvalue weighted by atomic mass is 35.5. The van der Waals surface area contributed by atoms with E-state index in [0.717, 1.165) is 0 Å². The predicted octanol–water partition coefficient (Wildman–Crippen LogP) is 4.06. The van der Waals surface area contributed by atoms with Crippen LogP contribution in [0.4, 0.5) is 5.69 Å². The summed E-state index contributed by atoms with van der Waals surface area (Å²) in [6.07, 6.45) is 1.51. The number of ether oxygens (including phenoxy) is 1. The second-order valence-electron chi connectivity index (χ2n) is 5.16. The van der Waals surface area contributed by atoms with Crippen LogP contribution in [0.15, 0.2) is 47.5 Å². The summed E-state index contributed by atoms with van der Waals surface area (Å²) in [5.41, 5.74) is 1.28. The Morgan fingerprint density at radius 1 is 1.12 bits per heavy atom. The largest absolute Gasteiger partial charge is 0.465 e. The maximum absolute atomic E-state index is 12.5. The number of halogens is 2. The number of esters is 1. The molecule has 9 heteroatoms. The zero-order chi connectivity index (χ0) is 18.2. The van der Waals surface area contributed by atoms with Crippen molar-refractivity contribution in [2.75, 3.05) is 11.8 Å². The average Bonchev–Trinajstić information content (AvgIpc) is 2.96. The molecule has 0 unspecified atom stereocenters. The third-order valence-corrected chi connectivity index (χ3v) is 5.28. The Bertz CT molecular complexity index is 1060. The van der Waals surface area contributed by atoms with Gasteiger partial charge in [0.1, 0.15) is 0 Å². The third-order valence-electron chi connectivity index (χ3n) is 3.49. The van der Waals surface area contributed by atoms with Gasteiger partial charge in [-0.3, -0.25) is 4.72 Å². The second kappa shape index (κ2) is 6.59. The number of anilines is 1. The molecule has 1 aromatic heterocycles. The van der Waals surface area contributed by atoms with E-state index in [0.29, 0.717) is 22.2 Å². The van der Waals surface area contributed by atoms with Crippen molar-refractivity contribution in [1.82, 2.24) is 4.98 Å². The zero-order valence-corrected chi connectivity index (χ0v) is 15.2. The van der Waals surface area contributed by atoms with Gasteiger partial charge in [-0.05, 0) is 36.4 Å². The molecule has 6 nitrogen and oxygen atoms in total. The molecule has 0 atom stereocenters. The number of nitrogens with one attached hydrogen (secondary N) is 2. The zero-order valence-electron chi connectivity index (χ0n) is 12.8. The lowest BCUT2D eigenvalue weighted by molar-refractivity contribution is 0.0603. The van der Waals surface area contributed by atoms with Gasteiger partial charge in [-0.15, -0.1) is 0 Å². The van der Waals surface area contributed by atoms with Crippen LogP contribution >= 0.6 is 23.2 Å². The molecule has 2 aromatic carbocycles. The molecule has 25 heavy (non-hydrogen) atoms. The Morgan fingerprint density at radius 3 is 2.44 bits per heavy atom. The van der Waals surface area contributed by atoms with Crippen molar-refractivity contribution in [3.8, 4) is 0 Å². The minimum absolute atomic E-state index is 0.0492. The summed E-state index contributed by atoms with van der Waals surface area (Å²) in [5, 5.41) is 1.06. The maximum Gasteiger partial charge on any atom is 0.340 e.